The highest BCUT2D eigenvalue weighted by Crippen LogP contribution is 2.04. The standard InChI is InChI=1S/C13H15N3O2/c1-9-7-10(2)16(13(18)14-9)8-12(17)11-5-4-6-15(11)3/h4-7H,8H2,1-3H3. The summed E-state index contributed by atoms with van der Waals surface area (Å²) in [6.45, 7) is 3.59. The first-order valence-electron chi connectivity index (χ1n) is 5.68. The molecule has 5 nitrogen and oxygen atoms in total. The molecule has 0 unspecified atom stereocenters. The number of carbonyl (C=O) groups excluding carboxylic acids is 1. The Morgan fingerprint density at radius 3 is 2.67 bits per heavy atom. The van der Waals surface area contributed by atoms with E-state index in [4.69, 9.17) is 0 Å². The molecule has 0 atom stereocenters. The fraction of sp³-hybridized carbons (Fsp3) is 0.308. The first-order chi connectivity index (χ1) is 8.49. The Morgan fingerprint density at radius 1 is 1.39 bits per heavy atom. The number of Topliss-reactive ketones (excluding diaryl/α,β-unsaturated/α-hetero) is 1. The van der Waals surface area contributed by atoms with E-state index in [-0.39, 0.29) is 18.0 Å². The monoisotopic (exact) mass is 245 g/mol. The van der Waals surface area contributed by atoms with Crippen LogP contribution >= 0.6 is 0 Å². The summed E-state index contributed by atoms with van der Waals surface area (Å²) in [6, 6.07) is 5.33. The van der Waals surface area contributed by atoms with Gasteiger partial charge in [0.15, 0.2) is 5.78 Å². The molecule has 0 N–H and O–H groups in total. The lowest BCUT2D eigenvalue weighted by molar-refractivity contribution is 0.0961. The largest absolute Gasteiger partial charge is 0.348 e. The van der Waals surface area contributed by atoms with Crippen LogP contribution in [0.25, 0.3) is 0 Å². The van der Waals surface area contributed by atoms with E-state index in [9.17, 15) is 9.59 Å². The van der Waals surface area contributed by atoms with Crippen molar-refractivity contribution in [2.45, 2.75) is 20.4 Å². The third-order valence-corrected chi connectivity index (χ3v) is 2.88. The second-order valence-corrected chi connectivity index (χ2v) is 4.34. The van der Waals surface area contributed by atoms with Gasteiger partial charge < -0.3 is 4.57 Å². The van der Waals surface area contributed by atoms with Crippen LogP contribution in [-0.4, -0.2) is 19.9 Å². The molecular weight excluding hydrogens is 230 g/mol. The van der Waals surface area contributed by atoms with Crippen LogP contribution in [0.2, 0.25) is 0 Å². The minimum atomic E-state index is -0.380. The van der Waals surface area contributed by atoms with Crippen molar-refractivity contribution in [3.05, 3.63) is 52.0 Å². The van der Waals surface area contributed by atoms with Gasteiger partial charge in [-0.3, -0.25) is 9.36 Å². The van der Waals surface area contributed by atoms with Gasteiger partial charge in [-0.25, -0.2) is 4.79 Å². The summed E-state index contributed by atoms with van der Waals surface area (Å²) in [5.41, 5.74) is 1.62. The molecule has 0 saturated carbocycles. The van der Waals surface area contributed by atoms with E-state index in [2.05, 4.69) is 4.98 Å². The highest BCUT2D eigenvalue weighted by molar-refractivity contribution is 5.94. The van der Waals surface area contributed by atoms with Crippen molar-refractivity contribution in [2.75, 3.05) is 0 Å². The lowest BCUT2D eigenvalue weighted by atomic mass is 10.2. The van der Waals surface area contributed by atoms with Crippen LogP contribution in [0.4, 0.5) is 0 Å². The number of aromatic nitrogens is 3. The quantitative estimate of drug-likeness (QED) is 0.760. The van der Waals surface area contributed by atoms with Crippen LogP contribution in [0, 0.1) is 13.8 Å². The van der Waals surface area contributed by atoms with E-state index in [0.29, 0.717) is 11.4 Å². The predicted molar refractivity (Wildman–Crippen MR) is 67.7 cm³/mol. The number of nitrogens with zero attached hydrogens (tertiary/aromatic N) is 3. The molecule has 0 spiro atoms. The van der Waals surface area contributed by atoms with Crippen LogP contribution in [-0.2, 0) is 13.6 Å². The molecule has 0 fully saturated rings. The Bertz CT molecular complexity index is 652. The zero-order valence-corrected chi connectivity index (χ0v) is 10.7. The van der Waals surface area contributed by atoms with Crippen molar-refractivity contribution >= 4 is 5.78 Å². The van der Waals surface area contributed by atoms with Crippen molar-refractivity contribution < 1.29 is 4.79 Å². The van der Waals surface area contributed by atoms with E-state index in [0.717, 1.165) is 5.69 Å². The predicted octanol–water partition coefficient (Wildman–Crippen LogP) is 1.08. The third kappa shape index (κ3) is 2.25. The minimum absolute atomic E-state index is 0.0236. The summed E-state index contributed by atoms with van der Waals surface area (Å²) in [5.74, 6) is -0.0987. The highest BCUT2D eigenvalue weighted by Gasteiger charge is 2.12. The molecule has 0 aromatic carbocycles. The molecule has 0 radical (unpaired) electrons. The SMILES string of the molecule is Cc1cc(C)n(CC(=O)c2cccn2C)c(=O)n1. The number of hydrogen-bond donors (Lipinski definition) is 0. The molecule has 0 amide bonds. The molecule has 5 heteroatoms. The highest BCUT2D eigenvalue weighted by atomic mass is 16.2. The second kappa shape index (κ2) is 4.60. The summed E-state index contributed by atoms with van der Waals surface area (Å²) in [6.07, 6.45) is 1.80. The molecule has 0 aliphatic rings. The van der Waals surface area contributed by atoms with Gasteiger partial charge in [-0.1, -0.05) is 0 Å². The molecule has 0 saturated heterocycles. The summed E-state index contributed by atoms with van der Waals surface area (Å²) in [7, 11) is 1.80. The van der Waals surface area contributed by atoms with E-state index in [1.807, 2.05) is 0 Å². The van der Waals surface area contributed by atoms with Crippen molar-refractivity contribution in [1.29, 1.82) is 0 Å². The van der Waals surface area contributed by atoms with Crippen LogP contribution in [0.5, 0.6) is 0 Å². The van der Waals surface area contributed by atoms with Crippen LogP contribution < -0.4 is 5.69 Å². The Balaban J connectivity index is 2.34. The van der Waals surface area contributed by atoms with Gasteiger partial charge in [0.25, 0.3) is 0 Å². The molecular formula is C13H15N3O2. The Kier molecular flexibility index (Phi) is 3.14. The van der Waals surface area contributed by atoms with Crippen molar-refractivity contribution in [1.82, 2.24) is 14.1 Å². The topological polar surface area (TPSA) is 56.9 Å². The summed E-state index contributed by atoms with van der Waals surface area (Å²) in [5, 5.41) is 0. The number of ketones is 1. The molecule has 18 heavy (non-hydrogen) atoms. The van der Waals surface area contributed by atoms with Gasteiger partial charge in [0.1, 0.15) is 0 Å². The normalized spacial score (nSPS) is 10.6. The molecule has 2 aromatic rings. The van der Waals surface area contributed by atoms with Crippen molar-refractivity contribution in [3.8, 4) is 0 Å². The van der Waals surface area contributed by atoms with Gasteiger partial charge in [0, 0.05) is 24.6 Å². The van der Waals surface area contributed by atoms with Gasteiger partial charge in [0.2, 0.25) is 0 Å². The zero-order chi connectivity index (χ0) is 13.3. The van der Waals surface area contributed by atoms with Gasteiger partial charge in [-0.05, 0) is 32.0 Å². The first-order valence-corrected chi connectivity index (χ1v) is 5.68. The number of aryl methyl sites for hydroxylation is 3. The lowest BCUT2D eigenvalue weighted by Gasteiger charge is -2.09. The Labute approximate surface area is 105 Å². The maximum atomic E-state index is 12.1. The van der Waals surface area contributed by atoms with Crippen LogP contribution in [0.1, 0.15) is 21.9 Å². The molecule has 0 aliphatic carbocycles. The summed E-state index contributed by atoms with van der Waals surface area (Å²) >= 11 is 0. The fourth-order valence-corrected chi connectivity index (χ4v) is 1.94. The van der Waals surface area contributed by atoms with E-state index >= 15 is 0 Å². The van der Waals surface area contributed by atoms with Crippen LogP contribution in [0.15, 0.2) is 29.2 Å². The third-order valence-electron chi connectivity index (χ3n) is 2.88. The molecule has 0 aliphatic heterocycles. The molecule has 94 valence electrons. The van der Waals surface area contributed by atoms with Gasteiger partial charge in [-0.15, -0.1) is 0 Å². The van der Waals surface area contributed by atoms with Crippen molar-refractivity contribution in [2.24, 2.45) is 7.05 Å². The second-order valence-electron chi connectivity index (χ2n) is 4.34. The van der Waals surface area contributed by atoms with E-state index in [1.54, 1.807) is 49.9 Å². The van der Waals surface area contributed by atoms with Gasteiger partial charge >= 0.3 is 5.69 Å². The van der Waals surface area contributed by atoms with E-state index < -0.39 is 0 Å². The smallest absolute Gasteiger partial charge is 0.348 e. The average molecular weight is 245 g/mol. The average Bonchev–Trinajstić information content (AvgIpc) is 2.69. The van der Waals surface area contributed by atoms with Crippen molar-refractivity contribution in [3.63, 3.8) is 0 Å². The summed E-state index contributed by atoms with van der Waals surface area (Å²) in [4.78, 5) is 27.7. The zero-order valence-electron chi connectivity index (χ0n) is 10.7. The maximum absolute atomic E-state index is 12.1. The maximum Gasteiger partial charge on any atom is 0.348 e. The lowest BCUT2D eigenvalue weighted by Crippen LogP contribution is -2.29. The van der Waals surface area contributed by atoms with Gasteiger partial charge in [-0.2, -0.15) is 4.98 Å². The molecule has 2 heterocycles. The minimum Gasteiger partial charge on any atom is -0.348 e. The van der Waals surface area contributed by atoms with Crippen LogP contribution in [0.3, 0.4) is 0 Å². The number of carbonyl (C=O) groups is 1. The Hall–Kier alpha value is -2.17. The molecule has 2 rings (SSSR count). The number of hydrogen-bond acceptors (Lipinski definition) is 3. The summed E-state index contributed by atoms with van der Waals surface area (Å²) < 4.78 is 3.13. The first kappa shape index (κ1) is 12.3. The molecule has 0 bridgehead atoms. The van der Waals surface area contributed by atoms with E-state index in [1.165, 1.54) is 4.57 Å². The molecule has 2 aromatic heterocycles. The van der Waals surface area contributed by atoms with Gasteiger partial charge in [0.05, 0.1) is 12.2 Å². The fourth-order valence-electron chi connectivity index (χ4n) is 1.94. The number of rotatable bonds is 3. The Morgan fingerprint density at radius 2 is 2.11 bits per heavy atom.